The smallest absolute Gasteiger partial charge is 0.224 e. The van der Waals surface area contributed by atoms with Crippen LogP contribution in [-0.2, 0) is 22.5 Å². The summed E-state index contributed by atoms with van der Waals surface area (Å²) >= 11 is 0. The first-order valence-electron chi connectivity index (χ1n) is 9.61. The van der Waals surface area contributed by atoms with Crippen molar-refractivity contribution in [2.24, 2.45) is 11.8 Å². The molecular weight excluding hydrogens is 318 g/mol. The maximum absolute atomic E-state index is 12.4. The van der Waals surface area contributed by atoms with Crippen molar-refractivity contribution in [3.63, 3.8) is 0 Å². The van der Waals surface area contributed by atoms with Gasteiger partial charge in [-0.05, 0) is 38.1 Å². The van der Waals surface area contributed by atoms with Crippen molar-refractivity contribution in [2.75, 3.05) is 33.4 Å². The van der Waals surface area contributed by atoms with Crippen molar-refractivity contribution >= 4 is 5.91 Å². The first-order valence-corrected chi connectivity index (χ1v) is 9.61. The highest BCUT2D eigenvalue weighted by molar-refractivity contribution is 5.79. The number of hydrogen-bond acceptors (Lipinski definition) is 5. The third-order valence-corrected chi connectivity index (χ3v) is 5.59. The second-order valence-corrected chi connectivity index (χ2v) is 7.36. The number of rotatable bonds is 9. The van der Waals surface area contributed by atoms with Crippen molar-refractivity contribution in [3.8, 4) is 0 Å². The molecule has 25 heavy (non-hydrogen) atoms. The molecule has 4 atom stereocenters. The number of fused-ring (bicyclic) bond motifs is 3. The number of unbranched alkanes of at least 4 members (excludes halogenated alkanes) is 1. The lowest BCUT2D eigenvalue weighted by molar-refractivity contribution is -0.133. The maximum Gasteiger partial charge on any atom is 0.224 e. The zero-order valence-electron chi connectivity index (χ0n) is 15.5. The van der Waals surface area contributed by atoms with Crippen molar-refractivity contribution in [2.45, 2.75) is 51.6 Å². The Balaban J connectivity index is 1.52. The van der Waals surface area contributed by atoms with Gasteiger partial charge < -0.3 is 10.1 Å². The Morgan fingerprint density at radius 1 is 1.48 bits per heavy atom. The molecule has 0 saturated carbocycles. The van der Waals surface area contributed by atoms with Gasteiger partial charge in [-0.15, -0.1) is 5.10 Å². The normalized spacial score (nSPS) is 28.2. The fourth-order valence-corrected chi connectivity index (χ4v) is 4.15. The summed E-state index contributed by atoms with van der Waals surface area (Å²) < 4.78 is 7.00. The summed E-state index contributed by atoms with van der Waals surface area (Å²) in [4.78, 5) is 14.9. The second-order valence-electron chi connectivity index (χ2n) is 7.36. The molecule has 4 heterocycles. The van der Waals surface area contributed by atoms with Crippen molar-refractivity contribution in [3.05, 3.63) is 11.9 Å². The largest absolute Gasteiger partial charge is 0.383 e. The highest BCUT2D eigenvalue weighted by Gasteiger charge is 2.43. The van der Waals surface area contributed by atoms with Gasteiger partial charge in [0.2, 0.25) is 5.91 Å². The van der Waals surface area contributed by atoms with Gasteiger partial charge in [0.15, 0.2) is 0 Å². The molecule has 1 N–H and O–H groups in total. The third-order valence-electron chi connectivity index (χ3n) is 5.59. The standard InChI is InChI=1S/C18H31N5O2/c1-3-4-5-15-11-23(21-20-15)12-16-10-14-6-8-22(16)13-17(14)18(24)19-7-9-25-2/h11,14,16-17H,3-10,12-13H2,1-2H3,(H,19,24)/t14-,16-,17+/m1/s1. The molecule has 1 unspecified atom stereocenters. The molecule has 1 amide bonds. The van der Waals surface area contributed by atoms with Gasteiger partial charge in [-0.25, -0.2) is 0 Å². The van der Waals surface area contributed by atoms with E-state index in [1.165, 1.54) is 6.42 Å². The van der Waals surface area contributed by atoms with Crippen LogP contribution in [0.1, 0.15) is 38.3 Å². The lowest BCUT2D eigenvalue weighted by Crippen LogP contribution is -2.58. The van der Waals surface area contributed by atoms with Crippen molar-refractivity contribution < 1.29 is 9.53 Å². The molecular formula is C18H31N5O2. The molecule has 140 valence electrons. The zero-order chi connectivity index (χ0) is 17.6. The topological polar surface area (TPSA) is 72.3 Å². The fraction of sp³-hybridized carbons (Fsp3) is 0.833. The van der Waals surface area contributed by atoms with Crippen LogP contribution in [0.4, 0.5) is 0 Å². The van der Waals surface area contributed by atoms with Crippen LogP contribution in [0.15, 0.2) is 6.20 Å². The number of aryl methyl sites for hydroxylation is 1. The lowest BCUT2D eigenvalue weighted by atomic mass is 9.75. The molecule has 7 nitrogen and oxygen atoms in total. The number of nitrogens with one attached hydrogen (secondary N) is 1. The van der Waals surface area contributed by atoms with E-state index in [1.54, 1.807) is 7.11 Å². The lowest BCUT2D eigenvalue weighted by Gasteiger charge is -2.49. The molecule has 3 aliphatic rings. The van der Waals surface area contributed by atoms with Gasteiger partial charge in [0, 0.05) is 32.4 Å². The summed E-state index contributed by atoms with van der Waals surface area (Å²) in [6.45, 7) is 6.20. The van der Waals surface area contributed by atoms with Crippen LogP contribution in [0.3, 0.4) is 0 Å². The highest BCUT2D eigenvalue weighted by atomic mass is 16.5. The van der Waals surface area contributed by atoms with Gasteiger partial charge in [-0.3, -0.25) is 14.4 Å². The van der Waals surface area contributed by atoms with Crippen LogP contribution in [0.2, 0.25) is 0 Å². The predicted octanol–water partition coefficient (Wildman–Crippen LogP) is 1.09. The van der Waals surface area contributed by atoms with E-state index in [0.29, 0.717) is 25.1 Å². The van der Waals surface area contributed by atoms with E-state index in [9.17, 15) is 4.79 Å². The average Bonchev–Trinajstić information content (AvgIpc) is 3.08. The highest BCUT2D eigenvalue weighted by Crippen LogP contribution is 2.36. The van der Waals surface area contributed by atoms with Gasteiger partial charge in [-0.2, -0.15) is 0 Å². The van der Waals surface area contributed by atoms with Crippen LogP contribution in [0.5, 0.6) is 0 Å². The van der Waals surface area contributed by atoms with E-state index in [4.69, 9.17) is 4.74 Å². The number of aromatic nitrogens is 3. The van der Waals surface area contributed by atoms with E-state index < -0.39 is 0 Å². The van der Waals surface area contributed by atoms with Crippen LogP contribution in [0.25, 0.3) is 0 Å². The van der Waals surface area contributed by atoms with Gasteiger partial charge >= 0.3 is 0 Å². The second kappa shape index (κ2) is 8.76. The van der Waals surface area contributed by atoms with Crippen LogP contribution in [0, 0.1) is 11.8 Å². The summed E-state index contributed by atoms with van der Waals surface area (Å²) in [5.41, 5.74) is 1.09. The fourth-order valence-electron chi connectivity index (χ4n) is 4.15. The van der Waals surface area contributed by atoms with Crippen LogP contribution in [-0.4, -0.2) is 65.2 Å². The van der Waals surface area contributed by atoms with Crippen LogP contribution >= 0.6 is 0 Å². The monoisotopic (exact) mass is 349 g/mol. The van der Waals surface area contributed by atoms with Gasteiger partial charge in [0.1, 0.15) is 0 Å². The van der Waals surface area contributed by atoms with Crippen molar-refractivity contribution in [1.29, 1.82) is 0 Å². The van der Waals surface area contributed by atoms with E-state index in [0.717, 1.165) is 51.0 Å². The Kier molecular flexibility index (Phi) is 6.42. The first kappa shape index (κ1) is 18.3. The number of carbonyl (C=O) groups excluding carboxylic acids is 1. The van der Waals surface area contributed by atoms with Gasteiger partial charge in [-0.1, -0.05) is 18.6 Å². The Hall–Kier alpha value is -1.47. The van der Waals surface area contributed by atoms with Crippen molar-refractivity contribution in [1.82, 2.24) is 25.2 Å². The van der Waals surface area contributed by atoms with Crippen LogP contribution < -0.4 is 5.32 Å². The van der Waals surface area contributed by atoms with E-state index >= 15 is 0 Å². The molecule has 0 aromatic carbocycles. The quantitative estimate of drug-likeness (QED) is 0.676. The number of carbonyl (C=O) groups is 1. The molecule has 0 aliphatic carbocycles. The maximum atomic E-state index is 12.4. The number of amides is 1. The summed E-state index contributed by atoms with van der Waals surface area (Å²) in [6.07, 6.45) is 7.64. The Bertz CT molecular complexity index is 561. The molecule has 3 aliphatic heterocycles. The molecule has 7 heteroatoms. The molecule has 0 radical (unpaired) electrons. The number of nitrogens with zero attached hydrogens (tertiary/aromatic N) is 4. The minimum absolute atomic E-state index is 0.123. The Morgan fingerprint density at radius 3 is 3.08 bits per heavy atom. The molecule has 1 aromatic rings. The van der Waals surface area contributed by atoms with E-state index in [2.05, 4.69) is 33.6 Å². The number of methoxy groups -OCH3 is 1. The van der Waals surface area contributed by atoms with Gasteiger partial charge in [0.05, 0.1) is 24.8 Å². The average molecular weight is 349 g/mol. The van der Waals surface area contributed by atoms with E-state index in [1.807, 2.05) is 4.68 Å². The minimum Gasteiger partial charge on any atom is -0.383 e. The number of piperidine rings is 3. The minimum atomic E-state index is 0.123. The summed E-state index contributed by atoms with van der Waals surface area (Å²) in [5.74, 6) is 0.797. The van der Waals surface area contributed by atoms with Gasteiger partial charge in [0.25, 0.3) is 0 Å². The first-order chi connectivity index (χ1) is 12.2. The Labute approximate surface area is 150 Å². The summed E-state index contributed by atoms with van der Waals surface area (Å²) in [6, 6.07) is 0.475. The predicted molar refractivity (Wildman–Crippen MR) is 95.1 cm³/mol. The summed E-state index contributed by atoms with van der Waals surface area (Å²) in [7, 11) is 1.66. The summed E-state index contributed by atoms with van der Waals surface area (Å²) in [5, 5.41) is 11.6. The molecule has 0 spiro atoms. The zero-order valence-corrected chi connectivity index (χ0v) is 15.5. The number of ether oxygens (including phenoxy) is 1. The number of hydrogen-bond donors (Lipinski definition) is 1. The molecule has 4 rings (SSSR count). The molecule has 3 saturated heterocycles. The van der Waals surface area contributed by atoms with E-state index in [-0.39, 0.29) is 11.8 Å². The molecule has 2 bridgehead atoms. The Morgan fingerprint density at radius 2 is 2.36 bits per heavy atom. The molecule has 3 fully saturated rings. The third kappa shape index (κ3) is 4.58. The SMILES string of the molecule is CCCCc1cn(C[C@H]2C[C@H]3CCN2C[C@@H]3C(=O)NCCOC)nn1. The molecule has 1 aromatic heterocycles.